The fraction of sp³-hybridized carbons (Fsp3) is 0.889. The van der Waals surface area contributed by atoms with E-state index in [1.54, 1.807) is 0 Å². The number of carboxylic acid groups (broad SMARTS) is 1. The third kappa shape index (κ3) is 2.00. The first-order valence-electron chi connectivity index (χ1n) is 4.80. The number of hydrogen-bond donors (Lipinski definition) is 2. The van der Waals surface area contributed by atoms with E-state index in [-0.39, 0.29) is 0 Å². The van der Waals surface area contributed by atoms with Crippen LogP contribution in [-0.2, 0) is 4.79 Å². The van der Waals surface area contributed by atoms with E-state index >= 15 is 0 Å². The van der Waals surface area contributed by atoms with Crippen molar-refractivity contribution in [2.45, 2.75) is 32.2 Å². The van der Waals surface area contributed by atoms with Gasteiger partial charge in [0, 0.05) is 19.8 Å². The molecule has 1 heterocycles. The van der Waals surface area contributed by atoms with Crippen LogP contribution in [0.4, 0.5) is 0 Å². The van der Waals surface area contributed by atoms with Gasteiger partial charge in [-0.25, -0.2) is 0 Å². The SMILES string of the molecule is CCCC(C)(C(=O)O)N1CCNC1. The highest BCUT2D eigenvalue weighted by atomic mass is 16.4. The van der Waals surface area contributed by atoms with Crippen LogP contribution in [0.2, 0.25) is 0 Å². The molecule has 0 bridgehead atoms. The zero-order chi connectivity index (χ0) is 9.90. The molecule has 0 aliphatic carbocycles. The van der Waals surface area contributed by atoms with Crippen molar-refractivity contribution in [1.29, 1.82) is 0 Å². The minimum atomic E-state index is -0.710. The maximum Gasteiger partial charge on any atom is 0.323 e. The Labute approximate surface area is 78.9 Å². The molecule has 1 saturated heterocycles. The molecule has 0 amide bonds. The summed E-state index contributed by atoms with van der Waals surface area (Å²) in [6, 6.07) is 0. The lowest BCUT2D eigenvalue weighted by atomic mass is 9.94. The molecule has 4 nitrogen and oxygen atoms in total. The summed E-state index contributed by atoms with van der Waals surface area (Å²) >= 11 is 0. The summed E-state index contributed by atoms with van der Waals surface area (Å²) in [5, 5.41) is 12.3. The highest BCUT2D eigenvalue weighted by Crippen LogP contribution is 2.22. The summed E-state index contributed by atoms with van der Waals surface area (Å²) in [7, 11) is 0. The molecule has 0 spiro atoms. The van der Waals surface area contributed by atoms with E-state index in [0.717, 1.165) is 19.5 Å². The normalized spacial score (nSPS) is 22.9. The smallest absolute Gasteiger partial charge is 0.323 e. The van der Waals surface area contributed by atoms with Crippen molar-refractivity contribution >= 4 is 5.97 Å². The van der Waals surface area contributed by atoms with Crippen LogP contribution in [0, 0.1) is 0 Å². The van der Waals surface area contributed by atoms with Gasteiger partial charge in [0.1, 0.15) is 5.54 Å². The van der Waals surface area contributed by atoms with Crippen LogP contribution in [0.1, 0.15) is 26.7 Å². The number of carbonyl (C=O) groups is 1. The number of nitrogens with one attached hydrogen (secondary N) is 1. The predicted octanol–water partition coefficient (Wildman–Crippen LogP) is 0.492. The van der Waals surface area contributed by atoms with Crippen molar-refractivity contribution in [3.05, 3.63) is 0 Å². The third-order valence-corrected chi connectivity index (χ3v) is 2.76. The number of nitrogens with zero attached hydrogens (tertiary/aromatic N) is 1. The Morgan fingerprint density at radius 3 is 2.77 bits per heavy atom. The van der Waals surface area contributed by atoms with Gasteiger partial charge in [-0.05, 0) is 13.3 Å². The molecule has 1 aliphatic rings. The number of carboxylic acids is 1. The summed E-state index contributed by atoms with van der Waals surface area (Å²) in [4.78, 5) is 13.1. The maximum atomic E-state index is 11.1. The fourth-order valence-electron chi connectivity index (χ4n) is 1.82. The highest BCUT2D eigenvalue weighted by molar-refractivity contribution is 5.78. The van der Waals surface area contributed by atoms with Gasteiger partial charge in [-0.2, -0.15) is 0 Å². The summed E-state index contributed by atoms with van der Waals surface area (Å²) in [5.41, 5.74) is -0.682. The first-order chi connectivity index (χ1) is 6.11. The maximum absolute atomic E-state index is 11.1. The summed E-state index contributed by atoms with van der Waals surface area (Å²) < 4.78 is 0. The van der Waals surface area contributed by atoms with Gasteiger partial charge in [0.25, 0.3) is 0 Å². The molecule has 1 rings (SSSR count). The second-order valence-electron chi connectivity index (χ2n) is 3.75. The molecule has 0 aromatic rings. The van der Waals surface area contributed by atoms with E-state index in [0.29, 0.717) is 13.1 Å². The van der Waals surface area contributed by atoms with E-state index < -0.39 is 11.5 Å². The zero-order valence-corrected chi connectivity index (χ0v) is 8.34. The van der Waals surface area contributed by atoms with Crippen LogP contribution in [0.3, 0.4) is 0 Å². The Morgan fingerprint density at radius 1 is 1.69 bits per heavy atom. The number of aliphatic carboxylic acids is 1. The molecule has 4 heteroatoms. The summed E-state index contributed by atoms with van der Waals surface area (Å²) in [6.07, 6.45) is 1.61. The van der Waals surface area contributed by atoms with Crippen LogP contribution >= 0.6 is 0 Å². The molecule has 0 radical (unpaired) electrons. The van der Waals surface area contributed by atoms with Crippen molar-refractivity contribution in [2.75, 3.05) is 19.8 Å². The van der Waals surface area contributed by atoms with Gasteiger partial charge in [-0.1, -0.05) is 13.3 Å². The molecule has 0 aromatic carbocycles. The topological polar surface area (TPSA) is 52.6 Å². The van der Waals surface area contributed by atoms with Gasteiger partial charge in [0.2, 0.25) is 0 Å². The van der Waals surface area contributed by atoms with E-state index in [1.807, 2.05) is 18.7 Å². The molecule has 1 fully saturated rings. The van der Waals surface area contributed by atoms with E-state index in [9.17, 15) is 4.79 Å². The van der Waals surface area contributed by atoms with Crippen LogP contribution in [-0.4, -0.2) is 41.3 Å². The van der Waals surface area contributed by atoms with E-state index in [4.69, 9.17) is 5.11 Å². The third-order valence-electron chi connectivity index (χ3n) is 2.76. The summed E-state index contributed by atoms with van der Waals surface area (Å²) in [6.45, 7) is 6.26. The second-order valence-corrected chi connectivity index (χ2v) is 3.75. The average molecular weight is 186 g/mol. The Morgan fingerprint density at radius 2 is 2.38 bits per heavy atom. The average Bonchev–Trinajstić information content (AvgIpc) is 2.56. The van der Waals surface area contributed by atoms with Gasteiger partial charge in [-0.3, -0.25) is 9.69 Å². The van der Waals surface area contributed by atoms with Crippen LogP contribution in [0.5, 0.6) is 0 Å². The molecular formula is C9H18N2O2. The van der Waals surface area contributed by atoms with Gasteiger partial charge < -0.3 is 10.4 Å². The molecule has 13 heavy (non-hydrogen) atoms. The first-order valence-corrected chi connectivity index (χ1v) is 4.80. The van der Waals surface area contributed by atoms with Gasteiger partial charge >= 0.3 is 5.97 Å². The summed E-state index contributed by atoms with van der Waals surface area (Å²) in [5.74, 6) is -0.710. The quantitative estimate of drug-likeness (QED) is 0.671. The van der Waals surface area contributed by atoms with Crippen molar-refractivity contribution in [3.8, 4) is 0 Å². The zero-order valence-electron chi connectivity index (χ0n) is 8.34. The van der Waals surface area contributed by atoms with Gasteiger partial charge in [0.05, 0.1) is 0 Å². The van der Waals surface area contributed by atoms with Gasteiger partial charge in [-0.15, -0.1) is 0 Å². The van der Waals surface area contributed by atoms with Crippen molar-refractivity contribution in [2.24, 2.45) is 0 Å². The lowest BCUT2D eigenvalue weighted by Gasteiger charge is -2.33. The minimum Gasteiger partial charge on any atom is -0.480 e. The molecule has 1 unspecified atom stereocenters. The number of rotatable bonds is 4. The van der Waals surface area contributed by atoms with Crippen molar-refractivity contribution in [3.63, 3.8) is 0 Å². The minimum absolute atomic E-state index is 0.682. The van der Waals surface area contributed by atoms with E-state index in [2.05, 4.69) is 5.32 Å². The standard InChI is InChI=1S/C9H18N2O2/c1-3-4-9(2,8(12)13)11-6-5-10-7-11/h10H,3-7H2,1-2H3,(H,12,13). The second kappa shape index (κ2) is 4.07. The van der Waals surface area contributed by atoms with Gasteiger partial charge in [0.15, 0.2) is 0 Å². The monoisotopic (exact) mass is 186 g/mol. The van der Waals surface area contributed by atoms with Crippen LogP contribution in [0.15, 0.2) is 0 Å². The molecule has 0 saturated carbocycles. The molecule has 2 N–H and O–H groups in total. The predicted molar refractivity (Wildman–Crippen MR) is 50.5 cm³/mol. The molecule has 1 aliphatic heterocycles. The molecule has 1 atom stereocenters. The Kier molecular flexibility index (Phi) is 3.27. The largest absolute Gasteiger partial charge is 0.480 e. The fourth-order valence-corrected chi connectivity index (χ4v) is 1.82. The Hall–Kier alpha value is -0.610. The Balaban J connectivity index is 2.69. The number of hydrogen-bond acceptors (Lipinski definition) is 3. The van der Waals surface area contributed by atoms with Crippen LogP contribution < -0.4 is 5.32 Å². The van der Waals surface area contributed by atoms with E-state index in [1.165, 1.54) is 0 Å². The highest BCUT2D eigenvalue weighted by Gasteiger charge is 2.39. The first kappa shape index (κ1) is 10.5. The Bertz CT molecular complexity index is 190. The van der Waals surface area contributed by atoms with Crippen molar-refractivity contribution < 1.29 is 9.90 Å². The molecular weight excluding hydrogens is 168 g/mol. The van der Waals surface area contributed by atoms with Crippen LogP contribution in [0.25, 0.3) is 0 Å². The molecule has 0 aromatic heterocycles. The van der Waals surface area contributed by atoms with Crippen molar-refractivity contribution in [1.82, 2.24) is 10.2 Å². The molecule has 76 valence electrons. The lowest BCUT2D eigenvalue weighted by molar-refractivity contribution is -0.150. The lowest BCUT2D eigenvalue weighted by Crippen LogP contribution is -2.51.